The second kappa shape index (κ2) is 5.52. The lowest BCUT2D eigenvalue weighted by Crippen LogP contribution is -2.28. The van der Waals surface area contributed by atoms with Gasteiger partial charge >= 0.3 is 0 Å². The number of rotatable bonds is 5. The normalized spacial score (nSPS) is 12.4. The zero-order valence-electron chi connectivity index (χ0n) is 9.62. The summed E-state index contributed by atoms with van der Waals surface area (Å²) in [5.41, 5.74) is 2.25. The van der Waals surface area contributed by atoms with E-state index in [1.54, 1.807) is 0 Å². The molecule has 1 N–H and O–H groups in total. The van der Waals surface area contributed by atoms with Crippen LogP contribution in [-0.2, 0) is 6.54 Å². The van der Waals surface area contributed by atoms with Gasteiger partial charge in [0.05, 0.1) is 24.1 Å². The van der Waals surface area contributed by atoms with Crippen molar-refractivity contribution < 1.29 is 0 Å². The van der Waals surface area contributed by atoms with Gasteiger partial charge < -0.3 is 9.88 Å². The molecule has 0 radical (unpaired) electrons. The Morgan fingerprint density at radius 3 is 2.80 bits per heavy atom. The Balaban J connectivity index is 2.50. The number of aromatic nitrogens is 2. The largest absolute Gasteiger partial charge is 0.335 e. The summed E-state index contributed by atoms with van der Waals surface area (Å²) >= 11 is 0. The number of hydrogen-bond donors (Lipinski definition) is 1. The smallest absolute Gasteiger partial charge is 0.0969 e. The molecule has 82 valence electrons. The van der Waals surface area contributed by atoms with Crippen molar-refractivity contribution >= 4 is 0 Å². The molecule has 1 heterocycles. The van der Waals surface area contributed by atoms with Crippen molar-refractivity contribution in [2.24, 2.45) is 0 Å². The first kappa shape index (κ1) is 11.7. The lowest BCUT2D eigenvalue weighted by atomic mass is 10.2. The minimum atomic E-state index is -0.0582. The molecule has 15 heavy (non-hydrogen) atoms. The van der Waals surface area contributed by atoms with Crippen LogP contribution in [0, 0.1) is 25.2 Å². The standard InChI is InChI=1S/C11H18N4/c1-4-13-11(7-12)5-6-15-8-14-9(2)10(15)3/h8,11,13H,4-6H2,1-3H3. The molecule has 0 aliphatic heterocycles. The van der Waals surface area contributed by atoms with E-state index in [1.165, 1.54) is 5.69 Å². The first-order valence-electron chi connectivity index (χ1n) is 5.30. The third-order valence-corrected chi connectivity index (χ3v) is 2.61. The number of nitrogens with one attached hydrogen (secondary N) is 1. The molecule has 1 unspecified atom stereocenters. The van der Waals surface area contributed by atoms with Gasteiger partial charge in [-0.15, -0.1) is 0 Å². The molecule has 4 heteroatoms. The minimum absolute atomic E-state index is 0.0582. The quantitative estimate of drug-likeness (QED) is 0.792. The van der Waals surface area contributed by atoms with Crippen molar-refractivity contribution in [3.63, 3.8) is 0 Å². The van der Waals surface area contributed by atoms with Crippen LogP contribution in [-0.4, -0.2) is 22.1 Å². The highest BCUT2D eigenvalue weighted by molar-refractivity contribution is 5.08. The van der Waals surface area contributed by atoms with Gasteiger partial charge in [-0.2, -0.15) is 5.26 Å². The Kier molecular flexibility index (Phi) is 4.32. The Bertz CT molecular complexity index is 348. The van der Waals surface area contributed by atoms with Crippen LogP contribution in [0.2, 0.25) is 0 Å². The molecule has 0 aromatic carbocycles. The van der Waals surface area contributed by atoms with Crippen LogP contribution in [0.5, 0.6) is 0 Å². The van der Waals surface area contributed by atoms with Gasteiger partial charge in [0.1, 0.15) is 0 Å². The third-order valence-electron chi connectivity index (χ3n) is 2.61. The molecule has 1 atom stereocenters. The maximum atomic E-state index is 8.87. The molecule has 4 nitrogen and oxygen atoms in total. The molecule has 0 fully saturated rings. The number of hydrogen-bond acceptors (Lipinski definition) is 3. The van der Waals surface area contributed by atoms with E-state index in [0.29, 0.717) is 0 Å². The zero-order chi connectivity index (χ0) is 11.3. The molecule has 0 saturated heterocycles. The molecule has 1 aromatic rings. The van der Waals surface area contributed by atoms with Gasteiger partial charge in [0.15, 0.2) is 0 Å². The van der Waals surface area contributed by atoms with Gasteiger partial charge in [-0.3, -0.25) is 0 Å². The van der Waals surface area contributed by atoms with Crippen LogP contribution in [0.3, 0.4) is 0 Å². The molecule has 0 amide bonds. The zero-order valence-corrected chi connectivity index (χ0v) is 9.62. The maximum Gasteiger partial charge on any atom is 0.0969 e. The lowest BCUT2D eigenvalue weighted by molar-refractivity contribution is 0.524. The van der Waals surface area contributed by atoms with Crippen molar-refractivity contribution in [1.82, 2.24) is 14.9 Å². The summed E-state index contributed by atoms with van der Waals surface area (Å²) in [5, 5.41) is 12.0. The van der Waals surface area contributed by atoms with Crippen LogP contribution in [0.4, 0.5) is 0 Å². The van der Waals surface area contributed by atoms with Gasteiger partial charge in [-0.05, 0) is 26.8 Å². The van der Waals surface area contributed by atoms with Gasteiger partial charge in [0.25, 0.3) is 0 Å². The number of nitriles is 1. The predicted octanol–water partition coefficient (Wildman–Crippen LogP) is 1.39. The highest BCUT2D eigenvalue weighted by Crippen LogP contribution is 2.05. The van der Waals surface area contributed by atoms with Crippen LogP contribution >= 0.6 is 0 Å². The molecule has 0 aliphatic carbocycles. The average Bonchev–Trinajstić information content (AvgIpc) is 2.55. The van der Waals surface area contributed by atoms with E-state index in [-0.39, 0.29) is 6.04 Å². The molecule has 0 aliphatic rings. The summed E-state index contributed by atoms with van der Waals surface area (Å²) in [7, 11) is 0. The van der Waals surface area contributed by atoms with E-state index in [4.69, 9.17) is 5.26 Å². The molecule has 0 spiro atoms. The van der Waals surface area contributed by atoms with Crippen LogP contribution in [0.15, 0.2) is 6.33 Å². The van der Waals surface area contributed by atoms with E-state index in [2.05, 4.69) is 27.9 Å². The van der Waals surface area contributed by atoms with Gasteiger partial charge in [-0.25, -0.2) is 4.98 Å². The van der Waals surface area contributed by atoms with Gasteiger partial charge in [0, 0.05) is 12.2 Å². The predicted molar refractivity (Wildman–Crippen MR) is 59.4 cm³/mol. The van der Waals surface area contributed by atoms with E-state index in [9.17, 15) is 0 Å². The summed E-state index contributed by atoms with van der Waals surface area (Å²) in [6.45, 7) is 7.74. The molecule has 0 bridgehead atoms. The van der Waals surface area contributed by atoms with Crippen molar-refractivity contribution in [1.29, 1.82) is 5.26 Å². The molecular weight excluding hydrogens is 188 g/mol. The lowest BCUT2D eigenvalue weighted by Gasteiger charge is -2.10. The van der Waals surface area contributed by atoms with Crippen LogP contribution in [0.1, 0.15) is 24.7 Å². The Labute approximate surface area is 90.9 Å². The summed E-state index contributed by atoms with van der Waals surface area (Å²) in [6.07, 6.45) is 2.66. The van der Waals surface area contributed by atoms with Crippen molar-refractivity contribution in [3.8, 4) is 6.07 Å². The monoisotopic (exact) mass is 206 g/mol. The Morgan fingerprint density at radius 1 is 1.60 bits per heavy atom. The van der Waals surface area contributed by atoms with Crippen LogP contribution < -0.4 is 5.32 Å². The van der Waals surface area contributed by atoms with Crippen molar-refractivity contribution in [3.05, 3.63) is 17.7 Å². The Hall–Kier alpha value is -1.34. The minimum Gasteiger partial charge on any atom is -0.335 e. The highest BCUT2D eigenvalue weighted by Gasteiger charge is 2.07. The van der Waals surface area contributed by atoms with Crippen LogP contribution in [0.25, 0.3) is 0 Å². The number of nitrogens with zero attached hydrogens (tertiary/aromatic N) is 3. The van der Waals surface area contributed by atoms with Gasteiger partial charge in [-0.1, -0.05) is 6.92 Å². The van der Waals surface area contributed by atoms with Crippen molar-refractivity contribution in [2.45, 2.75) is 39.8 Å². The molecular formula is C11H18N4. The molecule has 1 rings (SSSR count). The fourth-order valence-electron chi connectivity index (χ4n) is 1.50. The topological polar surface area (TPSA) is 53.6 Å². The first-order chi connectivity index (χ1) is 7.19. The van der Waals surface area contributed by atoms with E-state index in [0.717, 1.165) is 25.2 Å². The van der Waals surface area contributed by atoms with E-state index in [1.807, 2.05) is 20.2 Å². The Morgan fingerprint density at radius 2 is 2.33 bits per heavy atom. The second-order valence-corrected chi connectivity index (χ2v) is 3.64. The number of aryl methyl sites for hydroxylation is 2. The highest BCUT2D eigenvalue weighted by atomic mass is 15.1. The summed E-state index contributed by atoms with van der Waals surface area (Å²) in [4.78, 5) is 4.23. The third kappa shape index (κ3) is 3.07. The number of imidazole rings is 1. The van der Waals surface area contributed by atoms with E-state index >= 15 is 0 Å². The molecule has 1 aromatic heterocycles. The second-order valence-electron chi connectivity index (χ2n) is 3.64. The fraction of sp³-hybridized carbons (Fsp3) is 0.636. The van der Waals surface area contributed by atoms with E-state index < -0.39 is 0 Å². The SMILES string of the molecule is CCNC(C#N)CCn1cnc(C)c1C. The summed E-state index contributed by atoms with van der Waals surface area (Å²) in [6, 6.07) is 2.20. The molecule has 0 saturated carbocycles. The average molecular weight is 206 g/mol. The maximum absolute atomic E-state index is 8.87. The first-order valence-corrected chi connectivity index (χ1v) is 5.30. The van der Waals surface area contributed by atoms with Crippen molar-refractivity contribution in [2.75, 3.05) is 6.54 Å². The summed E-state index contributed by atoms with van der Waals surface area (Å²) in [5.74, 6) is 0. The summed E-state index contributed by atoms with van der Waals surface area (Å²) < 4.78 is 2.09. The fourth-order valence-corrected chi connectivity index (χ4v) is 1.50. The van der Waals surface area contributed by atoms with Gasteiger partial charge in [0.2, 0.25) is 0 Å².